The second-order valence-electron chi connectivity index (χ2n) is 4.23. The van der Waals surface area contributed by atoms with Crippen LogP contribution in [0.3, 0.4) is 0 Å². The van der Waals surface area contributed by atoms with E-state index >= 15 is 0 Å². The highest BCUT2D eigenvalue weighted by Gasteiger charge is 2.12. The Morgan fingerprint density at radius 3 is 2.72 bits per heavy atom. The van der Waals surface area contributed by atoms with Crippen LogP contribution in [0.4, 0.5) is 5.69 Å². The first-order chi connectivity index (χ1) is 8.68. The van der Waals surface area contributed by atoms with Crippen molar-refractivity contribution >= 4 is 22.9 Å². The Hall–Kier alpha value is -1.81. The van der Waals surface area contributed by atoms with Crippen molar-refractivity contribution in [1.29, 1.82) is 0 Å². The van der Waals surface area contributed by atoms with Gasteiger partial charge < -0.3 is 10.2 Å². The lowest BCUT2D eigenvalue weighted by atomic mass is 10.1. The second kappa shape index (κ2) is 5.69. The molecule has 3 nitrogen and oxygen atoms in total. The molecule has 2 aromatic rings. The number of benzene rings is 1. The van der Waals surface area contributed by atoms with Gasteiger partial charge in [-0.2, -0.15) is 11.3 Å². The Labute approximate surface area is 111 Å². The monoisotopic (exact) mass is 260 g/mol. The molecule has 18 heavy (non-hydrogen) atoms. The van der Waals surface area contributed by atoms with Crippen molar-refractivity contribution in [2.45, 2.75) is 6.54 Å². The van der Waals surface area contributed by atoms with E-state index in [0.29, 0.717) is 5.56 Å². The third kappa shape index (κ3) is 2.90. The van der Waals surface area contributed by atoms with E-state index in [0.717, 1.165) is 12.2 Å². The first kappa shape index (κ1) is 12.6. The van der Waals surface area contributed by atoms with E-state index in [2.05, 4.69) is 16.8 Å². The van der Waals surface area contributed by atoms with Gasteiger partial charge in [0.2, 0.25) is 0 Å². The number of hydrogen-bond donors (Lipinski definition) is 1. The summed E-state index contributed by atoms with van der Waals surface area (Å²) < 4.78 is 0. The normalized spacial score (nSPS) is 10.1. The zero-order valence-electron chi connectivity index (χ0n) is 10.5. The van der Waals surface area contributed by atoms with Crippen molar-refractivity contribution in [2.24, 2.45) is 0 Å². The zero-order valence-corrected chi connectivity index (χ0v) is 11.3. The van der Waals surface area contributed by atoms with Crippen LogP contribution >= 0.6 is 11.3 Å². The average Bonchev–Trinajstić information content (AvgIpc) is 2.89. The van der Waals surface area contributed by atoms with Gasteiger partial charge in [0.25, 0.3) is 5.91 Å². The summed E-state index contributed by atoms with van der Waals surface area (Å²) in [7, 11) is 3.52. The molecule has 0 unspecified atom stereocenters. The van der Waals surface area contributed by atoms with Crippen molar-refractivity contribution in [3.05, 3.63) is 52.2 Å². The van der Waals surface area contributed by atoms with Gasteiger partial charge in [0.15, 0.2) is 0 Å². The zero-order chi connectivity index (χ0) is 13.0. The predicted octanol–water partition coefficient (Wildman–Crippen LogP) is 3.06. The molecule has 1 aromatic carbocycles. The lowest BCUT2D eigenvalue weighted by molar-refractivity contribution is 0.0828. The van der Waals surface area contributed by atoms with E-state index in [1.807, 2.05) is 29.6 Å². The summed E-state index contributed by atoms with van der Waals surface area (Å²) in [5.74, 6) is 0.0171. The standard InChI is InChI=1S/C14H16N2OS/c1-16(2)14(17)12-5-3-4-6-13(12)15-9-11-7-8-18-10-11/h3-8,10,15H,9H2,1-2H3. The maximum Gasteiger partial charge on any atom is 0.255 e. The molecular formula is C14H16N2OS. The molecule has 1 aromatic heterocycles. The number of carbonyl (C=O) groups is 1. The van der Waals surface area contributed by atoms with Crippen LogP contribution in [0, 0.1) is 0 Å². The molecule has 0 radical (unpaired) electrons. The molecule has 0 saturated heterocycles. The van der Waals surface area contributed by atoms with Gasteiger partial charge in [-0.1, -0.05) is 12.1 Å². The van der Waals surface area contributed by atoms with Gasteiger partial charge in [-0.05, 0) is 34.5 Å². The molecule has 0 aliphatic heterocycles. The molecule has 0 fully saturated rings. The predicted molar refractivity (Wildman–Crippen MR) is 76.1 cm³/mol. The van der Waals surface area contributed by atoms with Crippen LogP contribution in [-0.2, 0) is 6.54 Å². The van der Waals surface area contributed by atoms with Crippen molar-refractivity contribution in [3.8, 4) is 0 Å². The number of nitrogens with zero attached hydrogens (tertiary/aromatic N) is 1. The van der Waals surface area contributed by atoms with Crippen molar-refractivity contribution < 1.29 is 4.79 Å². The first-order valence-electron chi connectivity index (χ1n) is 5.74. The molecule has 94 valence electrons. The first-order valence-corrected chi connectivity index (χ1v) is 6.68. The van der Waals surface area contributed by atoms with Gasteiger partial charge in [-0.25, -0.2) is 0 Å². The van der Waals surface area contributed by atoms with Crippen LogP contribution in [0.5, 0.6) is 0 Å². The van der Waals surface area contributed by atoms with Crippen molar-refractivity contribution in [2.75, 3.05) is 19.4 Å². The fourth-order valence-electron chi connectivity index (χ4n) is 1.66. The van der Waals surface area contributed by atoms with Gasteiger partial charge in [0, 0.05) is 26.3 Å². The molecule has 0 bridgehead atoms. The minimum Gasteiger partial charge on any atom is -0.380 e. The molecule has 1 N–H and O–H groups in total. The largest absolute Gasteiger partial charge is 0.380 e. The van der Waals surface area contributed by atoms with Gasteiger partial charge in [-0.3, -0.25) is 4.79 Å². The third-order valence-electron chi connectivity index (χ3n) is 2.63. The van der Waals surface area contributed by atoms with Crippen LogP contribution in [0.15, 0.2) is 41.1 Å². The Morgan fingerprint density at radius 2 is 2.06 bits per heavy atom. The highest BCUT2D eigenvalue weighted by Crippen LogP contribution is 2.18. The number of nitrogens with one attached hydrogen (secondary N) is 1. The number of rotatable bonds is 4. The number of anilines is 1. The summed E-state index contributed by atoms with van der Waals surface area (Å²) in [4.78, 5) is 13.6. The van der Waals surface area contributed by atoms with Crippen LogP contribution in [0.2, 0.25) is 0 Å². The smallest absolute Gasteiger partial charge is 0.255 e. The van der Waals surface area contributed by atoms with Crippen LogP contribution < -0.4 is 5.32 Å². The molecule has 1 heterocycles. The maximum absolute atomic E-state index is 12.0. The maximum atomic E-state index is 12.0. The van der Waals surface area contributed by atoms with Gasteiger partial charge in [-0.15, -0.1) is 0 Å². The number of para-hydroxylation sites is 1. The Morgan fingerprint density at radius 1 is 1.28 bits per heavy atom. The summed E-state index contributed by atoms with van der Waals surface area (Å²) in [5.41, 5.74) is 2.81. The molecule has 2 rings (SSSR count). The van der Waals surface area contributed by atoms with Gasteiger partial charge in [0.1, 0.15) is 0 Å². The highest BCUT2D eigenvalue weighted by atomic mass is 32.1. The number of carbonyl (C=O) groups excluding carboxylic acids is 1. The Bertz CT molecular complexity index is 520. The number of amides is 1. The van der Waals surface area contributed by atoms with Crippen LogP contribution in [0.1, 0.15) is 15.9 Å². The summed E-state index contributed by atoms with van der Waals surface area (Å²) in [5, 5.41) is 7.46. The quantitative estimate of drug-likeness (QED) is 0.916. The van der Waals surface area contributed by atoms with E-state index < -0.39 is 0 Å². The van der Waals surface area contributed by atoms with E-state index in [1.165, 1.54) is 5.56 Å². The molecule has 0 atom stereocenters. The number of thiophene rings is 1. The van der Waals surface area contributed by atoms with Crippen molar-refractivity contribution in [3.63, 3.8) is 0 Å². The third-order valence-corrected chi connectivity index (χ3v) is 3.36. The van der Waals surface area contributed by atoms with E-state index in [9.17, 15) is 4.79 Å². The number of hydrogen-bond acceptors (Lipinski definition) is 3. The SMILES string of the molecule is CN(C)C(=O)c1ccccc1NCc1ccsc1. The summed E-state index contributed by atoms with van der Waals surface area (Å²) in [6.07, 6.45) is 0. The fraction of sp³-hybridized carbons (Fsp3) is 0.214. The van der Waals surface area contributed by atoms with E-state index in [1.54, 1.807) is 30.3 Å². The summed E-state index contributed by atoms with van der Waals surface area (Å²) in [6, 6.07) is 9.67. The molecule has 4 heteroatoms. The highest BCUT2D eigenvalue weighted by molar-refractivity contribution is 7.07. The molecule has 0 aliphatic carbocycles. The van der Waals surface area contributed by atoms with Crippen molar-refractivity contribution in [1.82, 2.24) is 4.90 Å². The Kier molecular flexibility index (Phi) is 3.99. The van der Waals surface area contributed by atoms with Crippen LogP contribution in [-0.4, -0.2) is 24.9 Å². The van der Waals surface area contributed by atoms with Gasteiger partial charge >= 0.3 is 0 Å². The molecular weight excluding hydrogens is 244 g/mol. The minimum atomic E-state index is 0.0171. The lowest BCUT2D eigenvalue weighted by Gasteiger charge is -2.15. The summed E-state index contributed by atoms with van der Waals surface area (Å²) >= 11 is 1.67. The Balaban J connectivity index is 2.15. The second-order valence-corrected chi connectivity index (χ2v) is 5.01. The average molecular weight is 260 g/mol. The fourth-order valence-corrected chi connectivity index (χ4v) is 2.32. The minimum absolute atomic E-state index is 0.0171. The van der Waals surface area contributed by atoms with Gasteiger partial charge in [0.05, 0.1) is 5.56 Å². The molecule has 0 aliphatic rings. The topological polar surface area (TPSA) is 32.3 Å². The molecule has 0 spiro atoms. The van der Waals surface area contributed by atoms with E-state index in [4.69, 9.17) is 0 Å². The lowest BCUT2D eigenvalue weighted by Crippen LogP contribution is -2.22. The molecule has 1 amide bonds. The van der Waals surface area contributed by atoms with Crippen LogP contribution in [0.25, 0.3) is 0 Å². The summed E-state index contributed by atoms with van der Waals surface area (Å²) in [6.45, 7) is 0.737. The van der Waals surface area contributed by atoms with E-state index in [-0.39, 0.29) is 5.91 Å². The molecule has 0 saturated carbocycles.